The molecule has 0 aliphatic rings. The molecule has 5 heteroatoms. The third-order valence-corrected chi connectivity index (χ3v) is 3.89. The Balaban J connectivity index is 1.70. The van der Waals surface area contributed by atoms with Gasteiger partial charge in [-0.25, -0.2) is 5.48 Å². The molecule has 0 atom stereocenters. The predicted molar refractivity (Wildman–Crippen MR) is 99.6 cm³/mol. The largest absolute Gasteiger partial charge is 0.381 e. The molecule has 25 heavy (non-hydrogen) atoms. The summed E-state index contributed by atoms with van der Waals surface area (Å²) in [6.45, 7) is 2.75. The van der Waals surface area contributed by atoms with E-state index >= 15 is 0 Å². The Kier molecular flexibility index (Phi) is 5.06. The van der Waals surface area contributed by atoms with Gasteiger partial charge in [0.25, 0.3) is 5.91 Å². The molecule has 3 N–H and O–H groups in total. The molecular formula is C20H19N3O2. The third kappa shape index (κ3) is 4.02. The lowest BCUT2D eigenvalue weighted by atomic mass is 10.1. The van der Waals surface area contributed by atoms with Gasteiger partial charge in [0.15, 0.2) is 0 Å². The van der Waals surface area contributed by atoms with Gasteiger partial charge in [-0.2, -0.15) is 0 Å². The van der Waals surface area contributed by atoms with Crippen molar-refractivity contribution in [3.05, 3.63) is 77.5 Å². The highest BCUT2D eigenvalue weighted by atomic mass is 16.5. The van der Waals surface area contributed by atoms with Gasteiger partial charge >= 0.3 is 0 Å². The molecular weight excluding hydrogens is 314 g/mol. The second-order valence-corrected chi connectivity index (χ2v) is 5.78. The fraction of sp³-hybridized carbons (Fsp3) is 0.100. The molecule has 5 nitrogen and oxygen atoms in total. The Hall–Kier alpha value is -3.18. The van der Waals surface area contributed by atoms with E-state index < -0.39 is 5.91 Å². The zero-order chi connectivity index (χ0) is 17.6. The van der Waals surface area contributed by atoms with Crippen molar-refractivity contribution in [2.75, 3.05) is 11.9 Å². The summed E-state index contributed by atoms with van der Waals surface area (Å²) in [5, 5.41) is 13.2. The van der Waals surface area contributed by atoms with E-state index in [1.807, 2.05) is 43.3 Å². The van der Waals surface area contributed by atoms with Crippen molar-refractivity contribution in [1.82, 2.24) is 10.5 Å². The number of nitrogens with zero attached hydrogens (tertiary/aromatic N) is 1. The molecule has 126 valence electrons. The Morgan fingerprint density at radius 3 is 2.68 bits per heavy atom. The van der Waals surface area contributed by atoms with E-state index in [4.69, 9.17) is 5.21 Å². The van der Waals surface area contributed by atoms with E-state index in [1.54, 1.807) is 23.8 Å². The third-order valence-electron chi connectivity index (χ3n) is 3.89. The topological polar surface area (TPSA) is 74.2 Å². The van der Waals surface area contributed by atoms with Gasteiger partial charge in [-0.3, -0.25) is 15.0 Å². The van der Waals surface area contributed by atoms with Crippen LogP contribution in [0.1, 0.15) is 22.8 Å². The van der Waals surface area contributed by atoms with Crippen molar-refractivity contribution in [3.63, 3.8) is 0 Å². The van der Waals surface area contributed by atoms with Crippen molar-refractivity contribution in [3.8, 4) is 0 Å². The van der Waals surface area contributed by atoms with E-state index in [0.717, 1.165) is 27.7 Å². The summed E-state index contributed by atoms with van der Waals surface area (Å²) in [4.78, 5) is 15.7. The first-order chi connectivity index (χ1) is 12.2. The standard InChI is InChI=1S/C20H19N3O2/c1-14(12-15-7-9-16(10-8-15)20(24)23-25)13-22-19-6-2-5-18-17(19)4-3-11-21-18/h2-12,22,25H,13H2,1H3,(H,23,24)/b14-12+. The lowest BCUT2D eigenvalue weighted by Crippen LogP contribution is -2.18. The molecule has 0 fully saturated rings. The Morgan fingerprint density at radius 1 is 1.12 bits per heavy atom. The van der Waals surface area contributed by atoms with Crippen LogP contribution in [0.25, 0.3) is 17.0 Å². The van der Waals surface area contributed by atoms with Gasteiger partial charge in [0, 0.05) is 29.4 Å². The normalized spacial score (nSPS) is 11.4. The molecule has 0 saturated carbocycles. The number of fused-ring (bicyclic) bond motifs is 1. The van der Waals surface area contributed by atoms with Crippen LogP contribution < -0.4 is 10.8 Å². The minimum atomic E-state index is -0.515. The van der Waals surface area contributed by atoms with Crippen LogP contribution in [0.15, 0.2) is 66.4 Å². The van der Waals surface area contributed by atoms with Crippen LogP contribution in [0.5, 0.6) is 0 Å². The first-order valence-corrected chi connectivity index (χ1v) is 7.96. The van der Waals surface area contributed by atoms with Crippen LogP contribution in [0.3, 0.4) is 0 Å². The highest BCUT2D eigenvalue weighted by Crippen LogP contribution is 2.21. The summed E-state index contributed by atoms with van der Waals surface area (Å²) in [7, 11) is 0. The maximum atomic E-state index is 11.3. The molecule has 1 amide bonds. The maximum absolute atomic E-state index is 11.3. The van der Waals surface area contributed by atoms with Crippen LogP contribution in [0, 0.1) is 0 Å². The van der Waals surface area contributed by atoms with Gasteiger partial charge in [0.1, 0.15) is 0 Å². The summed E-state index contributed by atoms with van der Waals surface area (Å²) in [5.74, 6) is -0.515. The molecule has 3 rings (SSSR count). The number of carbonyl (C=O) groups is 1. The summed E-state index contributed by atoms with van der Waals surface area (Å²) in [6.07, 6.45) is 3.84. The molecule has 0 aliphatic carbocycles. The van der Waals surface area contributed by atoms with Crippen molar-refractivity contribution in [2.24, 2.45) is 0 Å². The van der Waals surface area contributed by atoms with Crippen molar-refractivity contribution in [1.29, 1.82) is 0 Å². The quantitative estimate of drug-likeness (QED) is 0.489. The second kappa shape index (κ2) is 7.59. The number of anilines is 1. The van der Waals surface area contributed by atoms with Gasteiger partial charge < -0.3 is 5.32 Å². The number of benzene rings is 2. The van der Waals surface area contributed by atoms with Crippen molar-refractivity contribution >= 4 is 28.6 Å². The van der Waals surface area contributed by atoms with E-state index in [-0.39, 0.29) is 0 Å². The first-order valence-electron chi connectivity index (χ1n) is 7.96. The molecule has 2 aromatic carbocycles. The molecule has 1 aromatic heterocycles. The molecule has 0 radical (unpaired) electrons. The number of carbonyl (C=O) groups excluding carboxylic acids is 1. The minimum Gasteiger partial charge on any atom is -0.381 e. The minimum absolute atomic E-state index is 0.415. The SMILES string of the molecule is C/C(=C\c1ccc(C(=O)NO)cc1)CNc1cccc2ncccc12. The van der Waals surface area contributed by atoms with Gasteiger partial charge in [0.05, 0.1) is 5.52 Å². The number of amides is 1. The van der Waals surface area contributed by atoms with Crippen molar-refractivity contribution in [2.45, 2.75) is 6.92 Å². The number of rotatable bonds is 5. The lowest BCUT2D eigenvalue weighted by Gasteiger charge is -2.10. The predicted octanol–water partition coefficient (Wildman–Crippen LogP) is 3.87. The Morgan fingerprint density at radius 2 is 1.92 bits per heavy atom. The van der Waals surface area contributed by atoms with Gasteiger partial charge in [-0.1, -0.05) is 29.8 Å². The fourth-order valence-corrected chi connectivity index (χ4v) is 2.62. The van der Waals surface area contributed by atoms with Crippen LogP contribution >= 0.6 is 0 Å². The molecule has 0 spiro atoms. The van der Waals surface area contributed by atoms with E-state index in [1.165, 1.54) is 0 Å². The zero-order valence-electron chi connectivity index (χ0n) is 13.9. The number of nitrogens with one attached hydrogen (secondary N) is 2. The van der Waals surface area contributed by atoms with Crippen LogP contribution in [-0.4, -0.2) is 22.6 Å². The van der Waals surface area contributed by atoms with Crippen LogP contribution in [-0.2, 0) is 0 Å². The van der Waals surface area contributed by atoms with Crippen LogP contribution in [0.2, 0.25) is 0 Å². The van der Waals surface area contributed by atoms with Gasteiger partial charge in [0.2, 0.25) is 0 Å². The maximum Gasteiger partial charge on any atom is 0.274 e. The summed E-state index contributed by atoms with van der Waals surface area (Å²) >= 11 is 0. The lowest BCUT2D eigenvalue weighted by molar-refractivity contribution is 0.0706. The first kappa shape index (κ1) is 16.7. The number of hydroxylamine groups is 1. The summed E-state index contributed by atoms with van der Waals surface area (Å²) in [6, 6.07) is 17.0. The number of pyridine rings is 1. The molecule has 0 aliphatic heterocycles. The van der Waals surface area contributed by atoms with E-state index in [2.05, 4.69) is 22.4 Å². The van der Waals surface area contributed by atoms with E-state index in [0.29, 0.717) is 12.1 Å². The second-order valence-electron chi connectivity index (χ2n) is 5.78. The van der Waals surface area contributed by atoms with Crippen molar-refractivity contribution < 1.29 is 10.0 Å². The molecule has 0 bridgehead atoms. The number of hydrogen-bond acceptors (Lipinski definition) is 4. The molecule has 0 unspecified atom stereocenters. The molecule has 1 heterocycles. The summed E-state index contributed by atoms with van der Waals surface area (Å²) in [5.41, 5.74) is 6.20. The summed E-state index contributed by atoms with van der Waals surface area (Å²) < 4.78 is 0. The average Bonchev–Trinajstić information content (AvgIpc) is 2.66. The number of hydrogen-bond donors (Lipinski definition) is 3. The number of aromatic nitrogens is 1. The fourth-order valence-electron chi connectivity index (χ4n) is 2.62. The Labute approximate surface area is 146 Å². The van der Waals surface area contributed by atoms with Crippen LogP contribution in [0.4, 0.5) is 5.69 Å². The monoisotopic (exact) mass is 333 g/mol. The Bertz CT molecular complexity index is 912. The van der Waals surface area contributed by atoms with E-state index in [9.17, 15) is 4.79 Å². The smallest absolute Gasteiger partial charge is 0.274 e. The highest BCUT2D eigenvalue weighted by molar-refractivity contribution is 5.93. The van der Waals surface area contributed by atoms with Gasteiger partial charge in [-0.05, 0) is 48.9 Å². The zero-order valence-corrected chi connectivity index (χ0v) is 13.9. The highest BCUT2D eigenvalue weighted by Gasteiger charge is 2.03. The molecule has 3 aromatic rings. The average molecular weight is 333 g/mol. The molecule has 0 saturated heterocycles. The van der Waals surface area contributed by atoms with Gasteiger partial charge in [-0.15, -0.1) is 0 Å².